The molecule has 0 saturated carbocycles. The molecule has 2 aliphatic rings. The van der Waals surface area contributed by atoms with Crippen LogP contribution in [0, 0.1) is 11.2 Å². The minimum absolute atomic E-state index is 0. The fraction of sp³-hybridized carbons (Fsp3) is 0.533. The standard InChI is InChI=1S/C30H40FN3O6.BrH/c1-8-39-23-12-18-13-34(29(32)25(18)26(31)28(23)40-9-2)14-21(35)17-10-19(30(3,4)5)27(38-7)20(11-17)33-15-22(36)24(16-33)37-6;/h10-12,22,24,32,36H,8-9,13-16H2,1-7H3;1H. The molecule has 41 heavy (non-hydrogen) atoms. The first kappa shape index (κ1) is 32.6. The second-order valence-electron chi connectivity index (χ2n) is 11.1. The number of hydrogen-bond acceptors (Lipinski definition) is 8. The van der Waals surface area contributed by atoms with Gasteiger partial charge in [0.2, 0.25) is 0 Å². The molecule has 2 aromatic rings. The van der Waals surface area contributed by atoms with Gasteiger partial charge in [0.25, 0.3) is 0 Å². The van der Waals surface area contributed by atoms with Gasteiger partial charge in [-0.15, -0.1) is 17.0 Å². The number of β-amino-alcohol motifs (C(OH)–C–C–N with tert-alkyl or cyclic N) is 1. The number of Topliss-reactive ketones (excluding diaryl/α,β-unsaturated/α-hetero) is 1. The van der Waals surface area contributed by atoms with Gasteiger partial charge in [0.15, 0.2) is 23.1 Å². The number of carbonyl (C=O) groups excluding carboxylic acids is 1. The van der Waals surface area contributed by atoms with Gasteiger partial charge in [-0.3, -0.25) is 10.2 Å². The molecule has 226 valence electrons. The molecule has 0 radical (unpaired) electrons. The molecule has 1 saturated heterocycles. The van der Waals surface area contributed by atoms with Gasteiger partial charge in [-0.2, -0.15) is 0 Å². The SMILES string of the molecule is Br.CCOc1cc2c(c(F)c1OCC)C(=N)N(CC(=O)c1cc(N3CC(O)C(OC)C3)c(OC)c(C(C)(C)C)c1)C2. The summed E-state index contributed by atoms with van der Waals surface area (Å²) in [5.74, 6) is -0.0186. The van der Waals surface area contributed by atoms with Crippen LogP contribution >= 0.6 is 17.0 Å². The van der Waals surface area contributed by atoms with Gasteiger partial charge in [0.05, 0.1) is 44.2 Å². The first-order valence-electron chi connectivity index (χ1n) is 13.6. The summed E-state index contributed by atoms with van der Waals surface area (Å²) in [6.45, 7) is 11.2. The number of aliphatic hydroxyl groups is 1. The lowest BCUT2D eigenvalue weighted by Crippen LogP contribution is -2.31. The number of amidine groups is 1. The Balaban J connectivity index is 0.00000462. The molecule has 0 aliphatic carbocycles. The zero-order chi connectivity index (χ0) is 29.4. The van der Waals surface area contributed by atoms with Crippen molar-refractivity contribution in [2.45, 2.75) is 58.8 Å². The van der Waals surface area contributed by atoms with Crippen LogP contribution in [0.5, 0.6) is 17.2 Å². The number of halogens is 2. The smallest absolute Gasteiger partial charge is 0.197 e. The van der Waals surface area contributed by atoms with E-state index >= 15 is 4.39 Å². The third-order valence-corrected chi connectivity index (χ3v) is 7.39. The Labute approximate surface area is 251 Å². The number of nitrogens with one attached hydrogen (secondary N) is 1. The van der Waals surface area contributed by atoms with Crippen LogP contribution in [0.15, 0.2) is 18.2 Å². The van der Waals surface area contributed by atoms with E-state index in [4.69, 9.17) is 24.4 Å². The predicted octanol–water partition coefficient (Wildman–Crippen LogP) is 4.73. The van der Waals surface area contributed by atoms with Crippen LogP contribution < -0.4 is 19.1 Å². The summed E-state index contributed by atoms with van der Waals surface area (Å²) >= 11 is 0. The van der Waals surface area contributed by atoms with Gasteiger partial charge in [-0.05, 0) is 43.0 Å². The Morgan fingerprint density at radius 2 is 1.78 bits per heavy atom. The summed E-state index contributed by atoms with van der Waals surface area (Å²) in [6.07, 6.45) is -1.03. The van der Waals surface area contributed by atoms with Gasteiger partial charge < -0.3 is 33.9 Å². The minimum Gasteiger partial charge on any atom is -0.494 e. The highest BCUT2D eigenvalue weighted by molar-refractivity contribution is 8.93. The molecule has 1 fully saturated rings. The van der Waals surface area contributed by atoms with Crippen molar-refractivity contribution in [3.8, 4) is 17.2 Å². The number of nitrogens with zero attached hydrogens (tertiary/aromatic N) is 2. The second kappa shape index (κ2) is 13.0. The van der Waals surface area contributed by atoms with Gasteiger partial charge >= 0.3 is 0 Å². The highest BCUT2D eigenvalue weighted by Gasteiger charge is 2.36. The molecule has 11 heteroatoms. The summed E-state index contributed by atoms with van der Waals surface area (Å²) < 4.78 is 37.9. The first-order chi connectivity index (χ1) is 18.9. The maximum Gasteiger partial charge on any atom is 0.197 e. The molecule has 0 spiro atoms. The van der Waals surface area contributed by atoms with E-state index in [0.29, 0.717) is 48.0 Å². The van der Waals surface area contributed by atoms with Crippen molar-refractivity contribution in [2.75, 3.05) is 52.0 Å². The lowest BCUT2D eigenvalue weighted by Gasteiger charge is -2.29. The fourth-order valence-corrected chi connectivity index (χ4v) is 5.39. The molecule has 9 nitrogen and oxygen atoms in total. The Morgan fingerprint density at radius 1 is 1.10 bits per heavy atom. The number of methoxy groups -OCH3 is 2. The number of anilines is 1. The molecular weight excluding hydrogens is 597 g/mol. The molecule has 2 aliphatic heterocycles. The quantitative estimate of drug-likeness (QED) is 0.361. The van der Waals surface area contributed by atoms with Crippen molar-refractivity contribution in [1.82, 2.24) is 4.90 Å². The van der Waals surface area contributed by atoms with Gasteiger partial charge in [-0.25, -0.2) is 4.39 Å². The number of aliphatic hydroxyl groups excluding tert-OH is 1. The molecule has 0 aromatic heterocycles. The molecule has 2 heterocycles. The Morgan fingerprint density at radius 3 is 2.34 bits per heavy atom. The van der Waals surface area contributed by atoms with Crippen molar-refractivity contribution < 1.29 is 33.2 Å². The van der Waals surface area contributed by atoms with E-state index in [1.54, 1.807) is 45.1 Å². The van der Waals surface area contributed by atoms with Crippen LogP contribution in [0.1, 0.15) is 61.7 Å². The van der Waals surface area contributed by atoms with Crippen molar-refractivity contribution in [3.63, 3.8) is 0 Å². The van der Waals surface area contributed by atoms with Gasteiger partial charge in [0.1, 0.15) is 17.7 Å². The van der Waals surface area contributed by atoms with E-state index in [1.165, 1.54) is 0 Å². The third-order valence-electron chi connectivity index (χ3n) is 7.39. The number of hydrogen-bond donors (Lipinski definition) is 2. The van der Waals surface area contributed by atoms with Crippen LogP contribution in [0.3, 0.4) is 0 Å². The van der Waals surface area contributed by atoms with Gasteiger partial charge in [0, 0.05) is 37.9 Å². The van der Waals surface area contributed by atoms with Gasteiger partial charge in [-0.1, -0.05) is 20.8 Å². The maximum absolute atomic E-state index is 15.5. The predicted molar refractivity (Wildman–Crippen MR) is 161 cm³/mol. The number of ketones is 1. The molecule has 4 rings (SSSR count). The minimum atomic E-state index is -0.672. The van der Waals surface area contributed by atoms with Crippen LogP contribution in [-0.4, -0.2) is 80.9 Å². The van der Waals surface area contributed by atoms with Crippen molar-refractivity contribution >= 4 is 34.3 Å². The second-order valence-corrected chi connectivity index (χ2v) is 11.1. The molecular formula is C30H41BrFN3O6. The van der Waals surface area contributed by atoms with Crippen LogP contribution in [-0.2, 0) is 16.7 Å². The van der Waals surface area contributed by atoms with E-state index < -0.39 is 11.9 Å². The number of carbonyl (C=O) groups is 1. The van der Waals surface area contributed by atoms with E-state index in [-0.39, 0.29) is 71.1 Å². The van der Waals surface area contributed by atoms with Crippen LogP contribution in [0.25, 0.3) is 0 Å². The topological polar surface area (TPSA) is 105 Å². The zero-order valence-electron chi connectivity index (χ0n) is 24.8. The van der Waals surface area contributed by atoms with Crippen molar-refractivity contribution in [2.24, 2.45) is 0 Å². The third kappa shape index (κ3) is 6.32. The summed E-state index contributed by atoms with van der Waals surface area (Å²) in [4.78, 5) is 17.3. The lowest BCUT2D eigenvalue weighted by molar-refractivity contribution is 0.0217. The molecule has 2 aromatic carbocycles. The van der Waals surface area contributed by atoms with Crippen molar-refractivity contribution in [1.29, 1.82) is 5.41 Å². The first-order valence-corrected chi connectivity index (χ1v) is 13.6. The van der Waals surface area contributed by atoms with Crippen LogP contribution in [0.2, 0.25) is 0 Å². The highest BCUT2D eigenvalue weighted by atomic mass is 79.9. The molecule has 0 amide bonds. The summed E-state index contributed by atoms with van der Waals surface area (Å²) in [7, 11) is 3.16. The molecule has 2 unspecified atom stereocenters. The zero-order valence-corrected chi connectivity index (χ0v) is 26.5. The Bertz CT molecular complexity index is 1300. The Hall–Kier alpha value is -2.89. The van der Waals surface area contributed by atoms with Crippen LogP contribution in [0.4, 0.5) is 10.1 Å². The van der Waals surface area contributed by atoms with E-state index in [1.807, 2.05) is 31.7 Å². The molecule has 2 atom stereocenters. The summed E-state index contributed by atoms with van der Waals surface area (Å²) in [5, 5.41) is 19.2. The maximum atomic E-state index is 15.5. The lowest BCUT2D eigenvalue weighted by atomic mass is 9.84. The molecule has 0 bridgehead atoms. The number of ether oxygens (including phenoxy) is 4. The van der Waals surface area contributed by atoms with Crippen molar-refractivity contribution in [3.05, 3.63) is 46.3 Å². The van der Waals surface area contributed by atoms with E-state index in [0.717, 1.165) is 5.56 Å². The average Bonchev–Trinajstić information content (AvgIpc) is 3.43. The largest absolute Gasteiger partial charge is 0.494 e. The fourth-order valence-electron chi connectivity index (χ4n) is 5.39. The normalized spacial score (nSPS) is 18.3. The summed E-state index contributed by atoms with van der Waals surface area (Å²) in [6, 6.07) is 5.30. The number of fused-ring (bicyclic) bond motifs is 1. The van der Waals surface area contributed by atoms with E-state index in [9.17, 15) is 9.90 Å². The average molecular weight is 639 g/mol. The Kier molecular flexibility index (Phi) is 10.3. The monoisotopic (exact) mass is 637 g/mol. The highest BCUT2D eigenvalue weighted by Crippen LogP contribution is 2.42. The molecule has 2 N–H and O–H groups in total. The summed E-state index contributed by atoms with van der Waals surface area (Å²) in [5.41, 5.74) is 2.35. The number of benzene rings is 2. The number of rotatable bonds is 10. The van der Waals surface area contributed by atoms with E-state index in [2.05, 4.69) is 0 Å².